The molecule has 1 aromatic rings. The van der Waals surface area contributed by atoms with Crippen LogP contribution in [0.2, 0.25) is 0 Å². The van der Waals surface area contributed by atoms with E-state index in [9.17, 15) is 4.79 Å². The summed E-state index contributed by atoms with van der Waals surface area (Å²) in [4.78, 5) is 17.8. The molecule has 17 heavy (non-hydrogen) atoms. The average molecular weight is 254 g/mol. The Morgan fingerprint density at radius 3 is 3.00 bits per heavy atom. The van der Waals surface area contributed by atoms with E-state index in [1.807, 2.05) is 13.8 Å². The zero-order chi connectivity index (χ0) is 12.7. The summed E-state index contributed by atoms with van der Waals surface area (Å²) in [5, 5.41) is 4.76. The Balaban J connectivity index is 2.73. The zero-order valence-corrected chi connectivity index (χ0v) is 11.1. The summed E-state index contributed by atoms with van der Waals surface area (Å²) >= 11 is 1.52. The fourth-order valence-electron chi connectivity index (χ4n) is 1.37. The Morgan fingerprint density at radius 1 is 1.65 bits per heavy atom. The van der Waals surface area contributed by atoms with Crippen molar-refractivity contribution in [2.24, 2.45) is 0 Å². The highest BCUT2D eigenvalue weighted by atomic mass is 32.2. The lowest BCUT2D eigenvalue weighted by Crippen LogP contribution is -2.35. The summed E-state index contributed by atoms with van der Waals surface area (Å²) in [5.41, 5.74) is 0. The Morgan fingerprint density at radius 2 is 2.41 bits per heavy atom. The van der Waals surface area contributed by atoms with Gasteiger partial charge >= 0.3 is 6.03 Å². The monoisotopic (exact) mass is 254 g/mol. The molecule has 0 bridgehead atoms. The van der Waals surface area contributed by atoms with Crippen molar-refractivity contribution in [2.45, 2.75) is 25.4 Å². The van der Waals surface area contributed by atoms with Crippen molar-refractivity contribution in [3.8, 4) is 0 Å². The summed E-state index contributed by atoms with van der Waals surface area (Å²) in [6, 6.07) is -0.151. The first-order valence-corrected chi connectivity index (χ1v) is 6.66. The zero-order valence-electron chi connectivity index (χ0n) is 10.3. The first-order chi connectivity index (χ1) is 8.22. The maximum Gasteiger partial charge on any atom is 0.346 e. The lowest BCUT2D eigenvalue weighted by molar-refractivity contribution is 0.201. The van der Waals surface area contributed by atoms with Crippen LogP contribution >= 0.6 is 11.8 Å². The summed E-state index contributed by atoms with van der Waals surface area (Å²) in [5.74, 6) is 0.892. The molecule has 1 aromatic heterocycles. The van der Waals surface area contributed by atoms with Gasteiger partial charge in [-0.1, -0.05) is 31.7 Å². The predicted molar refractivity (Wildman–Crippen MR) is 69.3 cm³/mol. The van der Waals surface area contributed by atoms with Crippen molar-refractivity contribution >= 4 is 17.8 Å². The summed E-state index contributed by atoms with van der Waals surface area (Å²) in [6.07, 6.45) is 4.09. The molecule has 0 fully saturated rings. The Labute approximate surface area is 106 Å². The number of nitrogens with zero attached hydrogens (tertiary/aromatic N) is 4. The third-order valence-corrected chi connectivity index (χ3v) is 2.79. The minimum Gasteiger partial charge on any atom is -0.319 e. The highest BCUT2D eigenvalue weighted by Crippen LogP contribution is 2.10. The van der Waals surface area contributed by atoms with Gasteiger partial charge in [0.25, 0.3) is 0 Å². The van der Waals surface area contributed by atoms with Gasteiger partial charge in [-0.25, -0.2) is 9.78 Å². The van der Waals surface area contributed by atoms with Gasteiger partial charge in [0.15, 0.2) is 0 Å². The van der Waals surface area contributed by atoms with Gasteiger partial charge in [0.1, 0.15) is 6.33 Å². The fourth-order valence-corrected chi connectivity index (χ4v) is 1.90. The van der Waals surface area contributed by atoms with Gasteiger partial charge < -0.3 is 4.90 Å². The minimum atomic E-state index is -0.151. The number of aromatic nitrogens is 3. The molecule has 0 saturated heterocycles. The number of carbonyl (C=O) groups is 1. The molecule has 0 radical (unpaired) electrons. The van der Waals surface area contributed by atoms with Crippen LogP contribution in [0.4, 0.5) is 4.79 Å². The van der Waals surface area contributed by atoms with Gasteiger partial charge in [0.2, 0.25) is 5.16 Å². The highest BCUT2D eigenvalue weighted by Gasteiger charge is 2.15. The molecule has 6 heteroatoms. The summed E-state index contributed by atoms with van der Waals surface area (Å²) in [6.45, 7) is 8.93. The molecule has 0 unspecified atom stereocenters. The fraction of sp³-hybridized carbons (Fsp3) is 0.545. The standard InChI is InChI=1S/C11H18N4OS/c1-4-7-14(8-5-2)11(16)15-9-12-10(13-15)17-6-3/h4,9H,1,5-8H2,2-3H3. The molecular weight excluding hydrogens is 236 g/mol. The third kappa shape index (κ3) is 3.89. The van der Waals surface area contributed by atoms with Crippen LogP contribution in [-0.4, -0.2) is 44.5 Å². The second kappa shape index (κ2) is 7.11. The molecular formula is C11H18N4OS. The molecule has 0 aromatic carbocycles. The van der Waals surface area contributed by atoms with Crippen LogP contribution < -0.4 is 0 Å². The first kappa shape index (κ1) is 13.8. The van der Waals surface area contributed by atoms with Crippen molar-refractivity contribution < 1.29 is 4.79 Å². The molecule has 5 nitrogen and oxygen atoms in total. The van der Waals surface area contributed by atoms with Gasteiger partial charge in [-0.05, 0) is 12.2 Å². The van der Waals surface area contributed by atoms with Gasteiger partial charge in [0, 0.05) is 13.1 Å². The van der Waals surface area contributed by atoms with E-state index in [2.05, 4.69) is 16.7 Å². The van der Waals surface area contributed by atoms with Crippen molar-refractivity contribution in [1.82, 2.24) is 19.7 Å². The quantitative estimate of drug-likeness (QED) is 0.577. The maximum absolute atomic E-state index is 12.1. The average Bonchev–Trinajstić information content (AvgIpc) is 2.77. The van der Waals surface area contributed by atoms with Gasteiger partial charge in [-0.3, -0.25) is 0 Å². The molecule has 1 rings (SSSR count). The van der Waals surface area contributed by atoms with E-state index in [0.29, 0.717) is 18.2 Å². The molecule has 0 saturated carbocycles. The Kier molecular flexibility index (Phi) is 5.76. The summed E-state index contributed by atoms with van der Waals surface area (Å²) < 4.78 is 1.29. The molecule has 0 atom stereocenters. The number of amides is 1. The van der Waals surface area contributed by atoms with Crippen molar-refractivity contribution in [1.29, 1.82) is 0 Å². The van der Waals surface area contributed by atoms with Crippen LogP contribution in [0.3, 0.4) is 0 Å². The van der Waals surface area contributed by atoms with E-state index >= 15 is 0 Å². The maximum atomic E-state index is 12.1. The third-order valence-electron chi connectivity index (χ3n) is 2.05. The molecule has 94 valence electrons. The van der Waals surface area contributed by atoms with E-state index in [0.717, 1.165) is 12.2 Å². The second-order valence-electron chi connectivity index (χ2n) is 3.42. The first-order valence-electron chi connectivity index (χ1n) is 5.67. The lowest BCUT2D eigenvalue weighted by atomic mass is 10.4. The largest absolute Gasteiger partial charge is 0.346 e. The normalized spacial score (nSPS) is 10.2. The van der Waals surface area contributed by atoms with Crippen LogP contribution in [0.25, 0.3) is 0 Å². The van der Waals surface area contributed by atoms with E-state index in [4.69, 9.17) is 0 Å². The number of hydrogen-bond acceptors (Lipinski definition) is 4. The van der Waals surface area contributed by atoms with Crippen LogP contribution in [0.5, 0.6) is 0 Å². The van der Waals surface area contributed by atoms with Crippen LogP contribution in [0, 0.1) is 0 Å². The van der Waals surface area contributed by atoms with E-state index in [1.165, 1.54) is 22.8 Å². The molecule has 1 heterocycles. The van der Waals surface area contributed by atoms with Crippen molar-refractivity contribution in [3.63, 3.8) is 0 Å². The van der Waals surface area contributed by atoms with Gasteiger partial charge in [-0.2, -0.15) is 4.68 Å². The smallest absolute Gasteiger partial charge is 0.319 e. The number of carbonyl (C=O) groups excluding carboxylic acids is 1. The van der Waals surface area contributed by atoms with E-state index in [-0.39, 0.29) is 6.03 Å². The van der Waals surface area contributed by atoms with Crippen LogP contribution in [0.1, 0.15) is 20.3 Å². The Hall–Kier alpha value is -1.30. The van der Waals surface area contributed by atoms with Crippen LogP contribution in [0.15, 0.2) is 24.1 Å². The highest BCUT2D eigenvalue weighted by molar-refractivity contribution is 7.99. The number of thioether (sulfide) groups is 1. The van der Waals surface area contributed by atoms with Gasteiger partial charge in [-0.15, -0.1) is 11.7 Å². The van der Waals surface area contributed by atoms with E-state index < -0.39 is 0 Å². The molecule has 0 spiro atoms. The van der Waals surface area contributed by atoms with Crippen molar-refractivity contribution in [2.75, 3.05) is 18.8 Å². The molecule has 0 aliphatic carbocycles. The topological polar surface area (TPSA) is 51.0 Å². The predicted octanol–water partition coefficient (Wildman–Crippen LogP) is 2.26. The van der Waals surface area contributed by atoms with Gasteiger partial charge in [0.05, 0.1) is 0 Å². The number of rotatable bonds is 6. The van der Waals surface area contributed by atoms with Crippen LogP contribution in [-0.2, 0) is 0 Å². The van der Waals surface area contributed by atoms with Crippen molar-refractivity contribution in [3.05, 3.63) is 19.0 Å². The molecule has 0 aliphatic heterocycles. The number of hydrogen-bond donors (Lipinski definition) is 0. The SMILES string of the molecule is C=CCN(CCC)C(=O)n1cnc(SCC)n1. The Bertz CT molecular complexity index is 377. The second-order valence-corrected chi connectivity index (χ2v) is 4.65. The molecule has 1 amide bonds. The summed E-state index contributed by atoms with van der Waals surface area (Å²) in [7, 11) is 0. The van der Waals surface area contributed by atoms with E-state index in [1.54, 1.807) is 11.0 Å². The molecule has 0 aliphatic rings. The minimum absolute atomic E-state index is 0.151. The lowest BCUT2D eigenvalue weighted by Gasteiger charge is -2.19. The molecule has 0 N–H and O–H groups in total.